The number of amides is 1. The maximum atomic E-state index is 12.1. The number of hydrogen-bond donors (Lipinski definition) is 1. The van der Waals surface area contributed by atoms with Gasteiger partial charge in [-0.25, -0.2) is 0 Å². The molecular formula is C15H14BrNOS. The molecule has 2 nitrogen and oxygen atoms in total. The van der Waals surface area contributed by atoms with Crippen LogP contribution in [-0.2, 0) is 4.79 Å². The van der Waals surface area contributed by atoms with Gasteiger partial charge >= 0.3 is 0 Å². The highest BCUT2D eigenvalue weighted by Crippen LogP contribution is 2.24. The van der Waals surface area contributed by atoms with Crippen molar-refractivity contribution in [3.8, 4) is 0 Å². The molecule has 0 heterocycles. The Labute approximate surface area is 125 Å². The van der Waals surface area contributed by atoms with Crippen LogP contribution in [0.4, 0.5) is 5.69 Å². The lowest BCUT2D eigenvalue weighted by Crippen LogP contribution is -2.22. The molecule has 98 valence electrons. The maximum Gasteiger partial charge on any atom is 0.237 e. The number of halogens is 1. The summed E-state index contributed by atoms with van der Waals surface area (Å²) < 4.78 is 0.952. The number of thioether (sulfide) groups is 1. The number of benzene rings is 2. The van der Waals surface area contributed by atoms with E-state index in [1.165, 1.54) is 0 Å². The van der Waals surface area contributed by atoms with E-state index in [1.807, 2.05) is 61.5 Å². The second kappa shape index (κ2) is 6.78. The summed E-state index contributed by atoms with van der Waals surface area (Å²) >= 11 is 4.94. The van der Waals surface area contributed by atoms with Gasteiger partial charge in [0.25, 0.3) is 0 Å². The first-order valence-electron chi connectivity index (χ1n) is 5.93. The SMILES string of the molecule is C[C@@H](Sc1ccccc1)C(=O)Nc1cccc(Br)c1. The molecule has 0 saturated carbocycles. The third-order valence-electron chi connectivity index (χ3n) is 2.52. The third-order valence-corrected chi connectivity index (χ3v) is 4.12. The molecule has 0 saturated heterocycles. The van der Waals surface area contributed by atoms with Crippen LogP contribution in [-0.4, -0.2) is 11.2 Å². The van der Waals surface area contributed by atoms with E-state index in [0.717, 1.165) is 15.1 Å². The Morgan fingerprint density at radius 1 is 1.16 bits per heavy atom. The number of carbonyl (C=O) groups excluding carboxylic acids is 1. The molecule has 4 heteroatoms. The van der Waals surface area contributed by atoms with Crippen LogP contribution >= 0.6 is 27.7 Å². The van der Waals surface area contributed by atoms with E-state index >= 15 is 0 Å². The van der Waals surface area contributed by atoms with E-state index in [2.05, 4.69) is 21.2 Å². The molecule has 2 rings (SSSR count). The van der Waals surface area contributed by atoms with Gasteiger partial charge in [0.1, 0.15) is 0 Å². The molecule has 0 aliphatic rings. The Balaban J connectivity index is 1.96. The lowest BCUT2D eigenvalue weighted by atomic mass is 10.3. The number of anilines is 1. The first-order chi connectivity index (χ1) is 9.15. The smallest absolute Gasteiger partial charge is 0.237 e. The maximum absolute atomic E-state index is 12.1. The van der Waals surface area contributed by atoms with Gasteiger partial charge in [-0.05, 0) is 37.3 Å². The molecule has 19 heavy (non-hydrogen) atoms. The average Bonchev–Trinajstić information content (AvgIpc) is 2.40. The minimum absolute atomic E-state index is 0.00644. The van der Waals surface area contributed by atoms with E-state index in [0.29, 0.717) is 0 Å². The fourth-order valence-corrected chi connectivity index (χ4v) is 2.85. The van der Waals surface area contributed by atoms with Gasteiger partial charge in [0.05, 0.1) is 5.25 Å². The third kappa shape index (κ3) is 4.40. The summed E-state index contributed by atoms with van der Waals surface area (Å²) in [5.41, 5.74) is 0.805. The molecule has 2 aromatic rings. The Kier molecular flexibility index (Phi) is 5.05. The Hall–Kier alpha value is -1.26. The summed E-state index contributed by atoms with van der Waals surface area (Å²) in [7, 11) is 0. The predicted molar refractivity (Wildman–Crippen MR) is 84.5 cm³/mol. The standard InChI is InChI=1S/C15H14BrNOS/c1-11(19-14-8-3-2-4-9-14)15(18)17-13-7-5-6-12(16)10-13/h2-11H,1H3,(H,17,18)/t11-/m1/s1. The van der Waals surface area contributed by atoms with Crippen LogP contribution in [0.1, 0.15) is 6.92 Å². The van der Waals surface area contributed by atoms with Crippen LogP contribution in [0.5, 0.6) is 0 Å². The van der Waals surface area contributed by atoms with Crippen molar-refractivity contribution in [3.05, 3.63) is 59.1 Å². The summed E-state index contributed by atoms with van der Waals surface area (Å²) in [6, 6.07) is 17.5. The number of nitrogens with one attached hydrogen (secondary N) is 1. The first-order valence-corrected chi connectivity index (χ1v) is 7.60. The molecule has 0 radical (unpaired) electrons. The molecule has 0 aromatic heterocycles. The van der Waals surface area contributed by atoms with Crippen molar-refractivity contribution in [3.63, 3.8) is 0 Å². The van der Waals surface area contributed by atoms with Crippen LogP contribution in [0.25, 0.3) is 0 Å². The number of rotatable bonds is 4. The molecule has 2 aromatic carbocycles. The van der Waals surface area contributed by atoms with Crippen molar-refractivity contribution in [2.24, 2.45) is 0 Å². The predicted octanol–water partition coefficient (Wildman–Crippen LogP) is 4.57. The molecule has 0 fully saturated rings. The number of hydrogen-bond acceptors (Lipinski definition) is 2. The molecule has 1 atom stereocenters. The zero-order valence-electron chi connectivity index (χ0n) is 10.5. The quantitative estimate of drug-likeness (QED) is 0.829. The van der Waals surface area contributed by atoms with Crippen molar-refractivity contribution in [2.75, 3.05) is 5.32 Å². The number of carbonyl (C=O) groups is 1. The lowest BCUT2D eigenvalue weighted by Gasteiger charge is -2.12. The summed E-state index contributed by atoms with van der Waals surface area (Å²) in [6.07, 6.45) is 0. The molecule has 1 N–H and O–H groups in total. The summed E-state index contributed by atoms with van der Waals surface area (Å²) in [6.45, 7) is 1.91. The van der Waals surface area contributed by atoms with Gasteiger partial charge in [-0.15, -0.1) is 11.8 Å². The van der Waals surface area contributed by atoms with E-state index in [-0.39, 0.29) is 11.2 Å². The summed E-state index contributed by atoms with van der Waals surface area (Å²) in [5, 5.41) is 2.78. The fourth-order valence-electron chi connectivity index (χ4n) is 1.57. The monoisotopic (exact) mass is 335 g/mol. The van der Waals surface area contributed by atoms with Gasteiger partial charge in [-0.3, -0.25) is 4.79 Å². The van der Waals surface area contributed by atoms with Crippen molar-refractivity contribution in [1.82, 2.24) is 0 Å². The van der Waals surface area contributed by atoms with Crippen LogP contribution in [0.2, 0.25) is 0 Å². The minimum atomic E-state index is -0.138. The molecule has 0 aliphatic heterocycles. The van der Waals surface area contributed by atoms with Gasteiger partial charge in [-0.2, -0.15) is 0 Å². The van der Waals surface area contributed by atoms with Gasteiger partial charge in [0.15, 0.2) is 0 Å². The zero-order chi connectivity index (χ0) is 13.7. The largest absolute Gasteiger partial charge is 0.325 e. The normalized spacial score (nSPS) is 11.9. The highest BCUT2D eigenvalue weighted by molar-refractivity contribution is 9.10. The molecular weight excluding hydrogens is 322 g/mol. The van der Waals surface area contributed by atoms with Crippen molar-refractivity contribution >= 4 is 39.3 Å². The average molecular weight is 336 g/mol. The van der Waals surface area contributed by atoms with E-state index < -0.39 is 0 Å². The van der Waals surface area contributed by atoms with Crippen LogP contribution in [0, 0.1) is 0 Å². The van der Waals surface area contributed by atoms with Crippen molar-refractivity contribution < 1.29 is 4.79 Å². The Bertz CT molecular complexity index is 559. The van der Waals surface area contributed by atoms with Crippen LogP contribution < -0.4 is 5.32 Å². The topological polar surface area (TPSA) is 29.1 Å². The van der Waals surface area contributed by atoms with Gasteiger partial charge in [0, 0.05) is 15.1 Å². The molecule has 0 aliphatic carbocycles. The van der Waals surface area contributed by atoms with Crippen LogP contribution in [0.15, 0.2) is 64.0 Å². The van der Waals surface area contributed by atoms with E-state index in [9.17, 15) is 4.79 Å². The Morgan fingerprint density at radius 2 is 1.89 bits per heavy atom. The van der Waals surface area contributed by atoms with E-state index in [1.54, 1.807) is 11.8 Å². The molecule has 0 unspecified atom stereocenters. The van der Waals surface area contributed by atoms with Crippen molar-refractivity contribution in [2.45, 2.75) is 17.1 Å². The minimum Gasteiger partial charge on any atom is -0.325 e. The molecule has 0 spiro atoms. The summed E-state index contributed by atoms with van der Waals surface area (Å²) in [4.78, 5) is 13.2. The Morgan fingerprint density at radius 3 is 2.58 bits per heavy atom. The second-order valence-electron chi connectivity index (χ2n) is 4.07. The van der Waals surface area contributed by atoms with Crippen molar-refractivity contribution in [1.29, 1.82) is 0 Å². The second-order valence-corrected chi connectivity index (χ2v) is 6.40. The first kappa shape index (κ1) is 14.2. The van der Waals surface area contributed by atoms with E-state index in [4.69, 9.17) is 0 Å². The van der Waals surface area contributed by atoms with Gasteiger partial charge < -0.3 is 5.32 Å². The lowest BCUT2D eigenvalue weighted by molar-refractivity contribution is -0.115. The molecule has 1 amide bonds. The highest BCUT2D eigenvalue weighted by Gasteiger charge is 2.14. The van der Waals surface area contributed by atoms with Gasteiger partial charge in [-0.1, -0.05) is 40.2 Å². The zero-order valence-corrected chi connectivity index (χ0v) is 12.9. The molecule has 0 bridgehead atoms. The van der Waals surface area contributed by atoms with Crippen LogP contribution in [0.3, 0.4) is 0 Å². The summed E-state index contributed by atoms with van der Waals surface area (Å²) in [5.74, 6) is 0.00644. The fraction of sp³-hybridized carbons (Fsp3) is 0.133. The highest BCUT2D eigenvalue weighted by atomic mass is 79.9. The van der Waals surface area contributed by atoms with Gasteiger partial charge in [0.2, 0.25) is 5.91 Å².